The van der Waals surface area contributed by atoms with Crippen LogP contribution in [-0.2, 0) is 15.8 Å². The number of piperidine rings is 1. The van der Waals surface area contributed by atoms with Gasteiger partial charge in [0, 0.05) is 30.8 Å². The largest absolute Gasteiger partial charge is 0.416 e. The van der Waals surface area contributed by atoms with E-state index in [0.717, 1.165) is 33.4 Å². The van der Waals surface area contributed by atoms with E-state index in [1.165, 1.54) is 18.2 Å². The number of imide groups is 2. The predicted molar refractivity (Wildman–Crippen MR) is 195 cm³/mol. The van der Waals surface area contributed by atoms with Gasteiger partial charge in [-0.2, -0.15) is 13.2 Å². The second-order valence-corrected chi connectivity index (χ2v) is 13.0. The maximum atomic E-state index is 13.4. The Morgan fingerprint density at radius 1 is 0.870 bits per heavy atom. The first-order valence-corrected chi connectivity index (χ1v) is 17.2. The molecule has 2 atom stereocenters. The average molecular weight is 735 g/mol. The summed E-state index contributed by atoms with van der Waals surface area (Å²) in [6.07, 6.45) is -4.32. The van der Waals surface area contributed by atoms with E-state index in [4.69, 9.17) is 0 Å². The Morgan fingerprint density at radius 2 is 1.59 bits per heavy atom. The van der Waals surface area contributed by atoms with Gasteiger partial charge >= 0.3 is 6.18 Å². The number of amides is 5. The van der Waals surface area contributed by atoms with Gasteiger partial charge < -0.3 is 16.0 Å². The molecule has 0 aliphatic carbocycles. The number of alkyl halides is 3. The molecule has 1 saturated heterocycles. The number of aromatic nitrogens is 1. The summed E-state index contributed by atoms with van der Waals surface area (Å²) in [6, 6.07) is 24.3. The molecule has 1 aromatic heterocycles. The average Bonchev–Trinajstić information content (AvgIpc) is 3.41. The molecule has 7 rings (SSSR count). The Balaban J connectivity index is 0.959. The third-order valence-electron chi connectivity index (χ3n) is 9.44. The van der Waals surface area contributed by atoms with Crippen molar-refractivity contribution in [1.29, 1.82) is 0 Å². The van der Waals surface area contributed by atoms with Crippen LogP contribution >= 0.6 is 0 Å². The monoisotopic (exact) mass is 734 g/mol. The summed E-state index contributed by atoms with van der Waals surface area (Å²) in [4.78, 5) is 69.4. The molecule has 2 aliphatic heterocycles. The van der Waals surface area contributed by atoms with Gasteiger partial charge in [0.15, 0.2) is 0 Å². The molecular weight excluding hydrogens is 701 g/mol. The number of nitrogens with zero attached hydrogens (tertiary/aromatic N) is 2. The molecule has 0 radical (unpaired) electrons. The van der Waals surface area contributed by atoms with Crippen molar-refractivity contribution in [3.63, 3.8) is 0 Å². The summed E-state index contributed by atoms with van der Waals surface area (Å²) in [6.45, 7) is 2.53. The van der Waals surface area contributed by atoms with Crippen LogP contribution in [0.25, 0.3) is 21.9 Å². The minimum absolute atomic E-state index is 0.0332. The van der Waals surface area contributed by atoms with E-state index in [2.05, 4.69) is 26.3 Å². The zero-order valence-electron chi connectivity index (χ0n) is 28.8. The third-order valence-corrected chi connectivity index (χ3v) is 9.44. The van der Waals surface area contributed by atoms with E-state index >= 15 is 0 Å². The number of hydrogen-bond acceptors (Lipinski definition) is 8. The van der Waals surface area contributed by atoms with Gasteiger partial charge in [-0.15, -0.1) is 0 Å². The molecule has 274 valence electrons. The summed E-state index contributed by atoms with van der Waals surface area (Å²) >= 11 is 0. The lowest BCUT2D eigenvalue weighted by Crippen LogP contribution is -2.54. The van der Waals surface area contributed by atoms with Crippen molar-refractivity contribution in [2.45, 2.75) is 38.0 Å². The number of rotatable bonds is 10. The fourth-order valence-corrected chi connectivity index (χ4v) is 6.71. The van der Waals surface area contributed by atoms with Crippen LogP contribution in [0.3, 0.4) is 0 Å². The van der Waals surface area contributed by atoms with Crippen molar-refractivity contribution >= 4 is 51.8 Å². The topological polar surface area (TPSA) is 150 Å². The summed E-state index contributed by atoms with van der Waals surface area (Å²) in [5.41, 5.74) is 2.45. The van der Waals surface area contributed by atoms with Crippen molar-refractivity contribution in [3.8, 4) is 11.1 Å². The first-order valence-electron chi connectivity index (χ1n) is 17.2. The molecule has 5 aromatic rings. The van der Waals surface area contributed by atoms with Crippen molar-refractivity contribution in [1.82, 2.24) is 20.5 Å². The molecule has 4 aromatic carbocycles. The lowest BCUT2D eigenvalue weighted by molar-refractivity contribution is -0.138. The van der Waals surface area contributed by atoms with Crippen LogP contribution in [0, 0.1) is 0 Å². The number of nitrogens with one attached hydrogen (secondary N) is 4. The van der Waals surface area contributed by atoms with Gasteiger partial charge in [0.2, 0.25) is 11.8 Å². The van der Waals surface area contributed by atoms with E-state index in [9.17, 15) is 37.1 Å². The van der Waals surface area contributed by atoms with Crippen LogP contribution in [0.15, 0.2) is 97.1 Å². The highest BCUT2D eigenvalue weighted by Crippen LogP contribution is 2.35. The summed E-state index contributed by atoms with van der Waals surface area (Å²) in [7, 11) is 0. The lowest BCUT2D eigenvalue weighted by atomic mass is 9.96. The molecule has 1 unspecified atom stereocenters. The molecule has 0 spiro atoms. The van der Waals surface area contributed by atoms with Crippen LogP contribution in [0.1, 0.15) is 68.1 Å². The normalized spacial score (nSPS) is 16.2. The molecule has 2 aliphatic rings. The molecular formula is C40H33F3N6O5. The Bertz CT molecular complexity index is 2330. The molecule has 3 heterocycles. The molecule has 0 saturated carbocycles. The molecule has 1 fully saturated rings. The van der Waals surface area contributed by atoms with Crippen molar-refractivity contribution in [2.75, 3.05) is 23.7 Å². The number of anilines is 2. The quantitative estimate of drug-likeness (QED) is 0.0960. The standard InChI is InChI=1S/C40H33F3N6O5/c1-22(46-36(51)25-13-16-28-24(21-25)5-2-6-27(28)23-11-14-26(15-12-23)40(41,42)43)30-8-4-10-33(47-30)45-20-19-44-31-9-3-7-29-35(31)39(54)49(38(29)53)32-17-18-34(50)48-37(32)52/h2-16,21-22,32,44H,17-20H2,1H3,(H,45,47)(H,46,51)(H,48,50,52)/t22-,32?/m0/s1. The molecule has 4 N–H and O–H groups in total. The Hall–Kier alpha value is -6.57. The minimum atomic E-state index is -4.42. The van der Waals surface area contributed by atoms with Crippen LogP contribution in [0.2, 0.25) is 0 Å². The van der Waals surface area contributed by atoms with E-state index in [-0.39, 0.29) is 29.9 Å². The Labute approximate surface area is 307 Å². The highest BCUT2D eigenvalue weighted by atomic mass is 19.4. The van der Waals surface area contributed by atoms with Crippen molar-refractivity contribution < 1.29 is 37.1 Å². The molecule has 5 amide bonds. The molecule has 0 bridgehead atoms. The molecule has 54 heavy (non-hydrogen) atoms. The maximum Gasteiger partial charge on any atom is 0.416 e. The SMILES string of the molecule is C[C@H](NC(=O)c1ccc2c(-c3ccc(C(F)(F)F)cc3)cccc2c1)c1cccc(NCCNc2cccc3c2C(=O)N(C2CCC(=O)NC2=O)C3=O)n1. The van der Waals surface area contributed by atoms with E-state index in [1.54, 1.807) is 54.6 Å². The van der Waals surface area contributed by atoms with Gasteiger partial charge in [0.1, 0.15) is 11.9 Å². The minimum Gasteiger partial charge on any atom is -0.383 e. The van der Waals surface area contributed by atoms with E-state index in [0.29, 0.717) is 41.4 Å². The van der Waals surface area contributed by atoms with Gasteiger partial charge in [-0.05, 0) is 83.8 Å². The molecule has 11 nitrogen and oxygen atoms in total. The number of pyridine rings is 1. The maximum absolute atomic E-state index is 13.4. The summed E-state index contributed by atoms with van der Waals surface area (Å²) in [5.74, 6) is -2.08. The van der Waals surface area contributed by atoms with Gasteiger partial charge in [-0.1, -0.05) is 48.5 Å². The van der Waals surface area contributed by atoms with E-state index in [1.807, 2.05) is 19.1 Å². The van der Waals surface area contributed by atoms with Gasteiger partial charge in [0.25, 0.3) is 17.7 Å². The Morgan fingerprint density at radius 3 is 2.35 bits per heavy atom. The number of hydrogen-bond donors (Lipinski definition) is 4. The van der Waals surface area contributed by atoms with Gasteiger partial charge in [-0.3, -0.25) is 34.2 Å². The first kappa shape index (κ1) is 35.8. The zero-order valence-corrected chi connectivity index (χ0v) is 28.8. The van der Waals surface area contributed by atoms with Gasteiger partial charge in [-0.25, -0.2) is 4.98 Å². The van der Waals surface area contributed by atoms with Crippen molar-refractivity contribution in [3.05, 3.63) is 125 Å². The number of carbonyl (C=O) groups is 5. The zero-order chi connectivity index (χ0) is 38.1. The van der Waals surface area contributed by atoms with Crippen LogP contribution in [0.5, 0.6) is 0 Å². The first-order chi connectivity index (χ1) is 25.9. The lowest BCUT2D eigenvalue weighted by Gasteiger charge is -2.27. The number of carbonyl (C=O) groups excluding carboxylic acids is 5. The highest BCUT2D eigenvalue weighted by Gasteiger charge is 2.45. The van der Waals surface area contributed by atoms with Crippen LogP contribution < -0.4 is 21.3 Å². The highest BCUT2D eigenvalue weighted by molar-refractivity contribution is 6.25. The predicted octanol–water partition coefficient (Wildman–Crippen LogP) is 6.34. The Kier molecular flexibility index (Phi) is 9.59. The van der Waals surface area contributed by atoms with Crippen LogP contribution in [0.4, 0.5) is 24.7 Å². The fourth-order valence-electron chi connectivity index (χ4n) is 6.71. The second-order valence-electron chi connectivity index (χ2n) is 13.0. The number of benzene rings is 4. The van der Waals surface area contributed by atoms with Gasteiger partial charge in [0.05, 0.1) is 28.4 Å². The summed E-state index contributed by atoms with van der Waals surface area (Å²) in [5, 5.41) is 13.1. The second kappa shape index (κ2) is 14.5. The van der Waals surface area contributed by atoms with Crippen molar-refractivity contribution in [2.24, 2.45) is 0 Å². The smallest absolute Gasteiger partial charge is 0.383 e. The number of halogens is 3. The van der Waals surface area contributed by atoms with E-state index < -0.39 is 47.5 Å². The summed E-state index contributed by atoms with van der Waals surface area (Å²) < 4.78 is 39.2. The third kappa shape index (κ3) is 7.09. The number of fused-ring (bicyclic) bond motifs is 2. The van der Waals surface area contributed by atoms with Crippen LogP contribution in [-0.4, -0.2) is 58.6 Å². The molecule has 14 heteroatoms. The fraction of sp³-hybridized carbons (Fsp3) is 0.200.